The van der Waals surface area contributed by atoms with E-state index in [1.807, 2.05) is 42.5 Å². The van der Waals surface area contributed by atoms with Crippen LogP contribution in [0.1, 0.15) is 46.7 Å². The Labute approximate surface area is 275 Å². The molecule has 204 valence electrons. The van der Waals surface area contributed by atoms with E-state index in [1.165, 1.54) is 0 Å². The standard InChI is InChI=1S/C32H25Cl3O5.Na/c33-21-11-8-19(25(16-21)23-5-1-2-6-27(23)34)4-3-7-29(36)20-9-12-22(13-10-20)40-31-18-30-26(17-28(31)35)24(32(37)38)14-15-39-30;/h1-2,5-6,8-13,16-18,24H,3-4,7,14-15H2,(H,37,38);/q;+1/p-1. The fraction of sp³-hybridized carbons (Fsp3) is 0.188. The monoisotopic (exact) mass is 616 g/mol. The molecule has 0 bridgehead atoms. The number of carboxylic acid groups (broad SMARTS) is 1. The molecule has 4 aromatic carbocycles. The molecule has 0 aliphatic carbocycles. The van der Waals surface area contributed by atoms with Crippen LogP contribution in [0.5, 0.6) is 17.2 Å². The zero-order chi connectivity index (χ0) is 28.2. The summed E-state index contributed by atoms with van der Waals surface area (Å²) in [5.41, 5.74) is 4.00. The van der Waals surface area contributed by atoms with Gasteiger partial charge in [0.25, 0.3) is 0 Å². The third kappa shape index (κ3) is 7.47. The van der Waals surface area contributed by atoms with Crippen LogP contribution in [-0.4, -0.2) is 18.4 Å². The van der Waals surface area contributed by atoms with Gasteiger partial charge in [-0.1, -0.05) is 59.1 Å². The number of hydrogen-bond donors (Lipinski definition) is 0. The molecule has 0 radical (unpaired) electrons. The molecule has 1 aliphatic rings. The Balaban J connectivity index is 0.00000387. The molecule has 0 saturated heterocycles. The summed E-state index contributed by atoms with van der Waals surface area (Å²) in [5, 5.41) is 13.0. The van der Waals surface area contributed by atoms with Crippen LogP contribution in [0.3, 0.4) is 0 Å². The van der Waals surface area contributed by atoms with Crippen molar-refractivity contribution in [3.63, 3.8) is 0 Å². The number of benzene rings is 4. The molecule has 5 nitrogen and oxygen atoms in total. The van der Waals surface area contributed by atoms with Gasteiger partial charge >= 0.3 is 29.6 Å². The molecule has 1 atom stereocenters. The van der Waals surface area contributed by atoms with Gasteiger partial charge in [-0.3, -0.25) is 4.79 Å². The van der Waals surface area contributed by atoms with Crippen molar-refractivity contribution in [2.75, 3.05) is 6.61 Å². The van der Waals surface area contributed by atoms with Crippen LogP contribution in [0, 0.1) is 0 Å². The molecule has 0 N–H and O–H groups in total. The number of ketones is 1. The van der Waals surface area contributed by atoms with Crippen molar-refractivity contribution in [2.24, 2.45) is 0 Å². The third-order valence-electron chi connectivity index (χ3n) is 6.88. The van der Waals surface area contributed by atoms with Gasteiger partial charge in [0.2, 0.25) is 0 Å². The number of carbonyl (C=O) groups is 2. The first-order chi connectivity index (χ1) is 19.3. The van der Waals surface area contributed by atoms with E-state index in [4.69, 9.17) is 44.3 Å². The molecule has 1 aliphatic heterocycles. The number of halogens is 3. The number of hydrogen-bond acceptors (Lipinski definition) is 5. The molecule has 1 unspecified atom stereocenters. The van der Waals surface area contributed by atoms with Crippen LogP contribution in [0.15, 0.2) is 78.9 Å². The van der Waals surface area contributed by atoms with E-state index in [9.17, 15) is 14.7 Å². The van der Waals surface area contributed by atoms with Crippen LogP contribution >= 0.6 is 34.8 Å². The Kier molecular flexibility index (Phi) is 10.8. The van der Waals surface area contributed by atoms with Gasteiger partial charge < -0.3 is 19.4 Å². The number of carbonyl (C=O) groups excluding carboxylic acids is 2. The normalized spacial score (nSPS) is 13.9. The Hall–Kier alpha value is -2.51. The molecule has 0 amide bonds. The van der Waals surface area contributed by atoms with Crippen LogP contribution in [-0.2, 0) is 11.2 Å². The average molecular weight is 618 g/mol. The molecule has 5 rings (SSSR count). The van der Waals surface area contributed by atoms with E-state index in [2.05, 4.69) is 0 Å². The Morgan fingerprint density at radius 3 is 2.39 bits per heavy atom. The van der Waals surface area contributed by atoms with Gasteiger partial charge in [-0.25, -0.2) is 0 Å². The summed E-state index contributed by atoms with van der Waals surface area (Å²) < 4.78 is 11.5. The second-order valence-electron chi connectivity index (χ2n) is 9.51. The minimum Gasteiger partial charge on any atom is -0.549 e. The van der Waals surface area contributed by atoms with E-state index in [-0.39, 0.29) is 47.0 Å². The minimum absolute atomic E-state index is 0. The summed E-state index contributed by atoms with van der Waals surface area (Å²) >= 11 is 19.1. The topological polar surface area (TPSA) is 75.7 Å². The van der Waals surface area contributed by atoms with Crippen molar-refractivity contribution in [1.29, 1.82) is 0 Å². The van der Waals surface area contributed by atoms with Crippen molar-refractivity contribution >= 4 is 46.6 Å². The van der Waals surface area contributed by atoms with Gasteiger partial charge in [-0.2, -0.15) is 0 Å². The Morgan fingerprint density at radius 2 is 1.66 bits per heavy atom. The number of carboxylic acids is 1. The second kappa shape index (κ2) is 14.1. The molecule has 0 saturated carbocycles. The van der Waals surface area contributed by atoms with Crippen molar-refractivity contribution in [3.05, 3.63) is 111 Å². The molecular weight excluding hydrogens is 594 g/mol. The van der Waals surface area contributed by atoms with Gasteiger partial charge in [-0.05, 0) is 78.9 Å². The van der Waals surface area contributed by atoms with Crippen LogP contribution in [0.4, 0.5) is 0 Å². The smallest absolute Gasteiger partial charge is 0.549 e. The predicted molar refractivity (Wildman–Crippen MR) is 155 cm³/mol. The number of Topliss-reactive ketones (excluding diaryl/α,β-unsaturated/α-hetero) is 1. The summed E-state index contributed by atoms with van der Waals surface area (Å²) in [6, 6.07) is 23.3. The zero-order valence-corrected chi connectivity index (χ0v) is 26.6. The van der Waals surface area contributed by atoms with Gasteiger partial charge in [-0.15, -0.1) is 0 Å². The maximum Gasteiger partial charge on any atom is 1.00 e. The number of aliphatic carboxylic acids is 1. The molecule has 4 aromatic rings. The molecule has 9 heteroatoms. The molecule has 0 fully saturated rings. The van der Waals surface area contributed by atoms with Gasteiger partial charge in [0, 0.05) is 51.1 Å². The number of fused-ring (bicyclic) bond motifs is 1. The maximum atomic E-state index is 12.9. The number of rotatable bonds is 9. The molecule has 0 aromatic heterocycles. The number of ether oxygens (including phenoxy) is 2. The SMILES string of the molecule is O=C(CCCc1ccc(Cl)cc1-c1ccccc1Cl)c1ccc(Oc2cc3c(cc2Cl)C(C(=O)[O-])CCO3)cc1.[Na+]. The molecule has 0 spiro atoms. The largest absolute Gasteiger partial charge is 1.00 e. The van der Waals surface area contributed by atoms with E-state index < -0.39 is 11.9 Å². The van der Waals surface area contributed by atoms with Gasteiger partial charge in [0.1, 0.15) is 17.2 Å². The van der Waals surface area contributed by atoms with Crippen molar-refractivity contribution in [1.82, 2.24) is 0 Å². The number of aryl methyl sites for hydroxylation is 1. The zero-order valence-electron chi connectivity index (χ0n) is 22.3. The van der Waals surface area contributed by atoms with Crippen LogP contribution in [0.25, 0.3) is 11.1 Å². The maximum absolute atomic E-state index is 12.9. The van der Waals surface area contributed by atoms with Gasteiger partial charge in [0.05, 0.1) is 11.6 Å². The van der Waals surface area contributed by atoms with Crippen LogP contribution < -0.4 is 44.1 Å². The predicted octanol–water partition coefficient (Wildman–Crippen LogP) is 4.93. The Morgan fingerprint density at radius 1 is 0.902 bits per heavy atom. The van der Waals surface area contributed by atoms with Gasteiger partial charge in [0.15, 0.2) is 5.78 Å². The minimum atomic E-state index is -1.16. The Bertz CT molecular complexity index is 1570. The van der Waals surface area contributed by atoms with Crippen LogP contribution in [0.2, 0.25) is 15.1 Å². The first kappa shape index (κ1) is 31.4. The first-order valence-corrected chi connectivity index (χ1v) is 13.9. The fourth-order valence-corrected chi connectivity index (χ4v) is 5.45. The average Bonchev–Trinajstić information content (AvgIpc) is 2.94. The molecular formula is C32H24Cl3NaO5. The quantitative estimate of drug-likeness (QED) is 0.197. The summed E-state index contributed by atoms with van der Waals surface area (Å²) in [6.07, 6.45) is 2.05. The molecule has 41 heavy (non-hydrogen) atoms. The third-order valence-corrected chi connectivity index (χ3v) is 7.74. The summed E-state index contributed by atoms with van der Waals surface area (Å²) in [6.45, 7) is 0.267. The summed E-state index contributed by atoms with van der Waals surface area (Å²) in [4.78, 5) is 24.3. The van der Waals surface area contributed by atoms with E-state index in [0.717, 1.165) is 16.7 Å². The van der Waals surface area contributed by atoms with Crippen molar-refractivity contribution in [3.8, 4) is 28.4 Å². The first-order valence-electron chi connectivity index (χ1n) is 12.8. The summed E-state index contributed by atoms with van der Waals surface area (Å²) in [5.74, 6) is -0.697. The second-order valence-corrected chi connectivity index (χ2v) is 10.8. The van der Waals surface area contributed by atoms with E-state index in [0.29, 0.717) is 64.1 Å². The molecule has 1 heterocycles. The van der Waals surface area contributed by atoms with E-state index >= 15 is 0 Å². The van der Waals surface area contributed by atoms with Crippen molar-refractivity contribution < 1.29 is 53.7 Å². The van der Waals surface area contributed by atoms with E-state index in [1.54, 1.807) is 36.4 Å². The fourth-order valence-electron chi connectivity index (χ4n) is 4.83. The summed E-state index contributed by atoms with van der Waals surface area (Å²) in [7, 11) is 0. The van der Waals surface area contributed by atoms with Crippen molar-refractivity contribution in [2.45, 2.75) is 31.6 Å².